The van der Waals surface area contributed by atoms with Crippen LogP contribution in [0.5, 0.6) is 0 Å². The summed E-state index contributed by atoms with van der Waals surface area (Å²) in [5.74, 6) is -0.0611. The van der Waals surface area contributed by atoms with Gasteiger partial charge in [-0.1, -0.05) is 0 Å². The Kier molecular flexibility index (Phi) is 3.39. The van der Waals surface area contributed by atoms with Crippen LogP contribution < -0.4 is 4.90 Å². The van der Waals surface area contributed by atoms with Gasteiger partial charge < -0.3 is 9.64 Å². The number of carbonyl (C=O) groups excluding carboxylic acids is 1. The van der Waals surface area contributed by atoms with Crippen LogP contribution >= 0.6 is 0 Å². The van der Waals surface area contributed by atoms with Gasteiger partial charge in [0.25, 0.3) is 0 Å². The van der Waals surface area contributed by atoms with E-state index in [2.05, 4.69) is 9.88 Å². The van der Waals surface area contributed by atoms with Gasteiger partial charge in [-0.2, -0.15) is 0 Å². The third-order valence-corrected chi connectivity index (χ3v) is 2.82. The number of carbonyl (C=O) groups is 1. The Morgan fingerprint density at radius 1 is 1.69 bits per heavy atom. The zero-order valence-corrected chi connectivity index (χ0v) is 9.43. The fourth-order valence-corrected chi connectivity index (χ4v) is 1.99. The summed E-state index contributed by atoms with van der Waals surface area (Å²) in [4.78, 5) is 17.8. The molecule has 0 unspecified atom stereocenters. The van der Waals surface area contributed by atoms with Crippen molar-refractivity contribution in [1.82, 2.24) is 4.98 Å². The molecule has 1 aliphatic rings. The largest absolute Gasteiger partial charge is 0.466 e. The summed E-state index contributed by atoms with van der Waals surface area (Å²) < 4.78 is 5.03. The van der Waals surface area contributed by atoms with E-state index < -0.39 is 0 Å². The van der Waals surface area contributed by atoms with Crippen LogP contribution in [0.2, 0.25) is 0 Å². The van der Waals surface area contributed by atoms with Gasteiger partial charge in [-0.05, 0) is 25.5 Å². The number of rotatable bonds is 3. The van der Waals surface area contributed by atoms with Gasteiger partial charge in [0.15, 0.2) is 0 Å². The molecule has 0 bridgehead atoms. The molecule has 16 heavy (non-hydrogen) atoms. The van der Waals surface area contributed by atoms with Crippen molar-refractivity contribution in [1.29, 1.82) is 0 Å². The smallest absolute Gasteiger partial charge is 0.310 e. The lowest BCUT2D eigenvalue weighted by Gasteiger charge is -2.17. The predicted molar refractivity (Wildman–Crippen MR) is 61.2 cm³/mol. The van der Waals surface area contributed by atoms with Gasteiger partial charge in [0, 0.05) is 19.3 Å². The minimum Gasteiger partial charge on any atom is -0.466 e. The van der Waals surface area contributed by atoms with Crippen LogP contribution in [-0.2, 0) is 9.53 Å². The van der Waals surface area contributed by atoms with E-state index in [1.165, 1.54) is 0 Å². The normalized spacial score (nSPS) is 19.8. The highest BCUT2D eigenvalue weighted by Crippen LogP contribution is 2.23. The van der Waals surface area contributed by atoms with Crippen molar-refractivity contribution >= 4 is 11.7 Å². The van der Waals surface area contributed by atoms with E-state index in [1.54, 1.807) is 6.20 Å². The van der Waals surface area contributed by atoms with Crippen molar-refractivity contribution in [3.05, 3.63) is 24.5 Å². The fourth-order valence-electron chi connectivity index (χ4n) is 1.99. The van der Waals surface area contributed by atoms with Crippen molar-refractivity contribution < 1.29 is 9.53 Å². The first-order valence-corrected chi connectivity index (χ1v) is 5.63. The second kappa shape index (κ2) is 4.96. The molecule has 0 spiro atoms. The molecule has 86 valence electrons. The van der Waals surface area contributed by atoms with Crippen molar-refractivity contribution in [3.8, 4) is 0 Å². The molecule has 1 aromatic rings. The van der Waals surface area contributed by atoms with E-state index >= 15 is 0 Å². The van der Waals surface area contributed by atoms with Crippen molar-refractivity contribution in [3.63, 3.8) is 0 Å². The first-order valence-electron chi connectivity index (χ1n) is 5.63. The monoisotopic (exact) mass is 220 g/mol. The summed E-state index contributed by atoms with van der Waals surface area (Å²) in [6.07, 6.45) is 4.45. The Morgan fingerprint density at radius 3 is 3.25 bits per heavy atom. The Balaban J connectivity index is 1.96. The highest BCUT2D eigenvalue weighted by Gasteiger charge is 2.29. The maximum atomic E-state index is 11.6. The summed E-state index contributed by atoms with van der Waals surface area (Å²) in [5, 5.41) is 0. The summed E-state index contributed by atoms with van der Waals surface area (Å²) in [6.45, 7) is 3.94. The van der Waals surface area contributed by atoms with Crippen LogP contribution in [0.4, 0.5) is 5.69 Å². The molecule has 2 rings (SSSR count). The van der Waals surface area contributed by atoms with Crippen LogP contribution in [0.25, 0.3) is 0 Å². The molecule has 1 aromatic heterocycles. The molecule has 2 heterocycles. The number of ether oxygens (including phenoxy) is 1. The summed E-state index contributed by atoms with van der Waals surface area (Å²) in [7, 11) is 0. The van der Waals surface area contributed by atoms with Gasteiger partial charge in [-0.15, -0.1) is 0 Å². The molecule has 0 aromatic carbocycles. The molecule has 1 saturated heterocycles. The molecular weight excluding hydrogens is 204 g/mol. The molecular formula is C12H16N2O2. The minimum atomic E-state index is -0.0751. The SMILES string of the molecule is CCOC(=O)[C@@H]1CCN(c2cccnc2)C1. The number of hydrogen-bond acceptors (Lipinski definition) is 4. The molecule has 1 atom stereocenters. The first kappa shape index (κ1) is 10.9. The van der Waals surface area contributed by atoms with Crippen LogP contribution in [-0.4, -0.2) is 30.6 Å². The highest BCUT2D eigenvalue weighted by atomic mass is 16.5. The van der Waals surface area contributed by atoms with E-state index in [0.29, 0.717) is 6.61 Å². The molecule has 0 saturated carbocycles. The van der Waals surface area contributed by atoms with Gasteiger partial charge in [-0.3, -0.25) is 9.78 Å². The predicted octanol–water partition coefficient (Wildman–Crippen LogP) is 1.47. The third-order valence-electron chi connectivity index (χ3n) is 2.82. The number of aromatic nitrogens is 1. The zero-order chi connectivity index (χ0) is 11.4. The quantitative estimate of drug-likeness (QED) is 0.723. The molecule has 1 aliphatic heterocycles. The lowest BCUT2D eigenvalue weighted by atomic mass is 10.1. The van der Waals surface area contributed by atoms with Crippen LogP contribution in [0.15, 0.2) is 24.5 Å². The Morgan fingerprint density at radius 2 is 2.56 bits per heavy atom. The average Bonchev–Trinajstić information content (AvgIpc) is 2.80. The van der Waals surface area contributed by atoms with Crippen LogP contribution in [0.3, 0.4) is 0 Å². The third kappa shape index (κ3) is 2.32. The number of hydrogen-bond donors (Lipinski definition) is 0. The standard InChI is InChI=1S/C12H16N2O2/c1-2-16-12(15)10-5-7-14(9-10)11-4-3-6-13-8-11/h3-4,6,8,10H,2,5,7,9H2,1H3/t10-/m1/s1. The van der Waals surface area contributed by atoms with E-state index in [-0.39, 0.29) is 11.9 Å². The second-order valence-electron chi connectivity index (χ2n) is 3.89. The minimum absolute atomic E-state index is 0.0140. The summed E-state index contributed by atoms with van der Waals surface area (Å²) in [5.41, 5.74) is 1.08. The molecule has 0 aliphatic carbocycles. The number of esters is 1. The van der Waals surface area contributed by atoms with E-state index in [9.17, 15) is 4.79 Å². The van der Waals surface area contributed by atoms with Crippen LogP contribution in [0.1, 0.15) is 13.3 Å². The lowest BCUT2D eigenvalue weighted by Crippen LogP contribution is -2.24. The van der Waals surface area contributed by atoms with Crippen molar-refractivity contribution in [2.75, 3.05) is 24.6 Å². The molecule has 0 radical (unpaired) electrons. The number of nitrogens with zero attached hydrogens (tertiary/aromatic N) is 2. The average molecular weight is 220 g/mol. The number of anilines is 1. The van der Waals surface area contributed by atoms with Gasteiger partial charge in [0.2, 0.25) is 0 Å². The Bertz CT molecular complexity index is 353. The maximum Gasteiger partial charge on any atom is 0.310 e. The van der Waals surface area contributed by atoms with Gasteiger partial charge in [0.05, 0.1) is 24.4 Å². The van der Waals surface area contributed by atoms with Crippen molar-refractivity contribution in [2.24, 2.45) is 5.92 Å². The molecule has 4 nitrogen and oxygen atoms in total. The van der Waals surface area contributed by atoms with Gasteiger partial charge >= 0.3 is 5.97 Å². The molecule has 0 N–H and O–H groups in total. The Labute approximate surface area is 95.2 Å². The summed E-state index contributed by atoms with van der Waals surface area (Å²) in [6, 6.07) is 3.92. The van der Waals surface area contributed by atoms with Gasteiger partial charge in [-0.25, -0.2) is 0 Å². The Hall–Kier alpha value is -1.58. The van der Waals surface area contributed by atoms with Crippen molar-refractivity contribution in [2.45, 2.75) is 13.3 Å². The van der Waals surface area contributed by atoms with E-state index in [0.717, 1.165) is 25.2 Å². The molecule has 4 heteroatoms. The van der Waals surface area contributed by atoms with Gasteiger partial charge in [0.1, 0.15) is 0 Å². The lowest BCUT2D eigenvalue weighted by molar-refractivity contribution is -0.147. The number of pyridine rings is 1. The zero-order valence-electron chi connectivity index (χ0n) is 9.43. The highest BCUT2D eigenvalue weighted by molar-refractivity contribution is 5.74. The maximum absolute atomic E-state index is 11.6. The molecule has 1 fully saturated rings. The van der Waals surface area contributed by atoms with E-state index in [4.69, 9.17) is 4.74 Å². The van der Waals surface area contributed by atoms with Crippen LogP contribution in [0, 0.1) is 5.92 Å². The summed E-state index contributed by atoms with van der Waals surface area (Å²) >= 11 is 0. The molecule has 0 amide bonds. The topological polar surface area (TPSA) is 42.4 Å². The second-order valence-corrected chi connectivity index (χ2v) is 3.89. The first-order chi connectivity index (χ1) is 7.81. The fraction of sp³-hybridized carbons (Fsp3) is 0.500. The van der Waals surface area contributed by atoms with E-state index in [1.807, 2.05) is 25.3 Å².